The molecule has 15 heavy (non-hydrogen) atoms. The molecule has 1 atom stereocenters. The average Bonchev–Trinajstić information content (AvgIpc) is 2.69. The van der Waals surface area contributed by atoms with Crippen LogP contribution in [0.3, 0.4) is 0 Å². The summed E-state index contributed by atoms with van der Waals surface area (Å²) in [5.41, 5.74) is 1.27. The summed E-state index contributed by atoms with van der Waals surface area (Å²) in [5.74, 6) is 0.607. The highest BCUT2D eigenvalue weighted by Crippen LogP contribution is 2.27. The van der Waals surface area contributed by atoms with Crippen LogP contribution >= 0.6 is 11.3 Å². The summed E-state index contributed by atoms with van der Waals surface area (Å²) in [6.45, 7) is 11.0. The highest BCUT2D eigenvalue weighted by atomic mass is 32.1. The van der Waals surface area contributed by atoms with E-state index in [4.69, 9.17) is 4.98 Å². The Balaban J connectivity index is 2.70. The van der Waals surface area contributed by atoms with Crippen molar-refractivity contribution in [1.29, 1.82) is 0 Å². The minimum atomic E-state index is 0.607. The first-order valence-electron chi connectivity index (χ1n) is 5.93. The second-order valence-electron chi connectivity index (χ2n) is 3.92. The van der Waals surface area contributed by atoms with Gasteiger partial charge in [-0.25, -0.2) is 4.98 Å². The molecule has 1 aromatic rings. The molecule has 3 heteroatoms. The Labute approximate surface area is 97.3 Å². The monoisotopic (exact) mass is 226 g/mol. The van der Waals surface area contributed by atoms with Gasteiger partial charge in [-0.1, -0.05) is 20.3 Å². The molecule has 0 radical (unpaired) electrons. The third-order valence-corrected chi connectivity index (χ3v) is 3.69. The molecule has 1 aromatic heterocycles. The highest BCUT2D eigenvalue weighted by Gasteiger charge is 2.11. The molecule has 0 bridgehead atoms. The lowest BCUT2D eigenvalue weighted by atomic mass is 10.0. The first-order chi connectivity index (χ1) is 7.22. The number of rotatable bonds is 6. The van der Waals surface area contributed by atoms with Gasteiger partial charge in [0, 0.05) is 18.5 Å². The van der Waals surface area contributed by atoms with Crippen molar-refractivity contribution in [1.82, 2.24) is 4.98 Å². The molecule has 0 aliphatic carbocycles. The van der Waals surface area contributed by atoms with Gasteiger partial charge in [-0.3, -0.25) is 0 Å². The van der Waals surface area contributed by atoms with Crippen LogP contribution in [-0.4, -0.2) is 18.1 Å². The Bertz CT molecular complexity index is 279. The van der Waals surface area contributed by atoms with Gasteiger partial charge in [0.05, 0.1) is 5.69 Å². The fourth-order valence-corrected chi connectivity index (χ4v) is 2.80. The molecule has 2 nitrogen and oxygen atoms in total. The van der Waals surface area contributed by atoms with Crippen LogP contribution in [-0.2, 0) is 0 Å². The zero-order valence-corrected chi connectivity index (χ0v) is 11.1. The van der Waals surface area contributed by atoms with Crippen LogP contribution in [0.15, 0.2) is 5.38 Å². The Morgan fingerprint density at radius 1 is 1.33 bits per heavy atom. The van der Waals surface area contributed by atoms with E-state index in [1.54, 1.807) is 11.3 Å². The Morgan fingerprint density at radius 3 is 2.53 bits per heavy atom. The van der Waals surface area contributed by atoms with Crippen LogP contribution in [0.1, 0.15) is 52.1 Å². The summed E-state index contributed by atoms with van der Waals surface area (Å²) in [5, 5.41) is 3.39. The topological polar surface area (TPSA) is 16.1 Å². The van der Waals surface area contributed by atoms with Gasteiger partial charge in [0.15, 0.2) is 5.13 Å². The molecule has 0 fully saturated rings. The largest absolute Gasteiger partial charge is 0.349 e. The lowest BCUT2D eigenvalue weighted by Crippen LogP contribution is -2.21. The molecule has 1 unspecified atom stereocenters. The second-order valence-corrected chi connectivity index (χ2v) is 4.75. The van der Waals surface area contributed by atoms with Gasteiger partial charge in [0.1, 0.15) is 0 Å². The molecule has 0 saturated heterocycles. The van der Waals surface area contributed by atoms with Crippen molar-refractivity contribution in [3.63, 3.8) is 0 Å². The van der Waals surface area contributed by atoms with Crippen molar-refractivity contribution < 1.29 is 0 Å². The first-order valence-corrected chi connectivity index (χ1v) is 6.81. The van der Waals surface area contributed by atoms with Gasteiger partial charge < -0.3 is 4.90 Å². The fourth-order valence-electron chi connectivity index (χ4n) is 1.72. The molecule has 0 aliphatic heterocycles. The summed E-state index contributed by atoms with van der Waals surface area (Å²) in [6.07, 6.45) is 2.47. The lowest BCUT2D eigenvalue weighted by Gasteiger charge is -2.16. The number of thiazole rings is 1. The summed E-state index contributed by atoms with van der Waals surface area (Å²) >= 11 is 1.78. The smallest absolute Gasteiger partial charge is 0.185 e. The van der Waals surface area contributed by atoms with E-state index in [-0.39, 0.29) is 0 Å². The molecule has 0 N–H and O–H groups in total. The zero-order valence-electron chi connectivity index (χ0n) is 10.3. The van der Waals surface area contributed by atoms with E-state index in [1.165, 1.54) is 23.7 Å². The SMILES string of the molecule is CCCC(C)c1csc(N(CC)CC)n1. The van der Waals surface area contributed by atoms with Gasteiger partial charge in [-0.2, -0.15) is 0 Å². The maximum Gasteiger partial charge on any atom is 0.185 e. The predicted molar refractivity (Wildman–Crippen MR) is 69.0 cm³/mol. The molecular weight excluding hydrogens is 204 g/mol. The van der Waals surface area contributed by atoms with E-state index in [0.717, 1.165) is 13.1 Å². The van der Waals surface area contributed by atoms with Crippen LogP contribution in [0.25, 0.3) is 0 Å². The first kappa shape index (κ1) is 12.5. The number of aromatic nitrogens is 1. The van der Waals surface area contributed by atoms with Crippen molar-refractivity contribution in [3.05, 3.63) is 11.1 Å². The molecular formula is C12H22N2S. The third-order valence-electron chi connectivity index (χ3n) is 2.77. The van der Waals surface area contributed by atoms with Crippen molar-refractivity contribution >= 4 is 16.5 Å². The van der Waals surface area contributed by atoms with Crippen molar-refractivity contribution in [3.8, 4) is 0 Å². The van der Waals surface area contributed by atoms with E-state index < -0.39 is 0 Å². The maximum atomic E-state index is 4.72. The maximum absolute atomic E-state index is 4.72. The summed E-state index contributed by atoms with van der Waals surface area (Å²) in [6, 6.07) is 0. The van der Waals surface area contributed by atoms with Crippen molar-refractivity contribution in [2.45, 2.75) is 46.5 Å². The average molecular weight is 226 g/mol. The highest BCUT2D eigenvalue weighted by molar-refractivity contribution is 7.13. The molecule has 0 saturated carbocycles. The Hall–Kier alpha value is -0.570. The molecule has 1 heterocycles. The summed E-state index contributed by atoms with van der Waals surface area (Å²) < 4.78 is 0. The molecule has 0 aromatic carbocycles. The molecule has 0 aliphatic rings. The Kier molecular flexibility index (Phi) is 5.09. The van der Waals surface area contributed by atoms with E-state index in [2.05, 4.69) is 38.0 Å². The molecule has 86 valence electrons. The van der Waals surface area contributed by atoms with E-state index in [9.17, 15) is 0 Å². The van der Waals surface area contributed by atoms with Gasteiger partial charge in [0.25, 0.3) is 0 Å². The number of nitrogens with zero attached hydrogens (tertiary/aromatic N) is 2. The summed E-state index contributed by atoms with van der Waals surface area (Å²) in [7, 11) is 0. The van der Waals surface area contributed by atoms with Crippen LogP contribution < -0.4 is 4.90 Å². The number of hydrogen-bond donors (Lipinski definition) is 0. The lowest BCUT2D eigenvalue weighted by molar-refractivity contribution is 0.650. The quantitative estimate of drug-likeness (QED) is 0.731. The van der Waals surface area contributed by atoms with Crippen LogP contribution in [0.5, 0.6) is 0 Å². The standard InChI is InChI=1S/C12H22N2S/c1-5-8-10(4)11-9-15-12(13-11)14(6-2)7-3/h9-10H,5-8H2,1-4H3. The normalized spacial score (nSPS) is 12.8. The third kappa shape index (κ3) is 3.20. The van der Waals surface area contributed by atoms with E-state index in [1.807, 2.05) is 0 Å². The van der Waals surface area contributed by atoms with Gasteiger partial charge >= 0.3 is 0 Å². The molecule has 0 spiro atoms. The number of hydrogen-bond acceptors (Lipinski definition) is 3. The van der Waals surface area contributed by atoms with Crippen LogP contribution in [0.2, 0.25) is 0 Å². The van der Waals surface area contributed by atoms with E-state index in [0.29, 0.717) is 5.92 Å². The van der Waals surface area contributed by atoms with E-state index >= 15 is 0 Å². The van der Waals surface area contributed by atoms with Crippen molar-refractivity contribution in [2.24, 2.45) is 0 Å². The van der Waals surface area contributed by atoms with Crippen molar-refractivity contribution in [2.75, 3.05) is 18.0 Å². The second kappa shape index (κ2) is 6.11. The Morgan fingerprint density at radius 2 is 2.00 bits per heavy atom. The fraction of sp³-hybridized carbons (Fsp3) is 0.750. The minimum absolute atomic E-state index is 0.607. The van der Waals surface area contributed by atoms with Gasteiger partial charge in [-0.05, 0) is 26.2 Å². The summed E-state index contributed by atoms with van der Waals surface area (Å²) in [4.78, 5) is 7.03. The molecule has 1 rings (SSSR count). The number of anilines is 1. The van der Waals surface area contributed by atoms with Gasteiger partial charge in [0.2, 0.25) is 0 Å². The predicted octanol–water partition coefficient (Wildman–Crippen LogP) is 3.89. The minimum Gasteiger partial charge on any atom is -0.349 e. The van der Waals surface area contributed by atoms with Gasteiger partial charge in [-0.15, -0.1) is 11.3 Å². The molecule has 0 amide bonds. The zero-order chi connectivity index (χ0) is 11.3. The van der Waals surface area contributed by atoms with Crippen LogP contribution in [0, 0.1) is 0 Å². The van der Waals surface area contributed by atoms with Crippen LogP contribution in [0.4, 0.5) is 5.13 Å².